The van der Waals surface area contributed by atoms with Crippen molar-refractivity contribution in [1.82, 2.24) is 15.0 Å². The van der Waals surface area contributed by atoms with Gasteiger partial charge in [0.15, 0.2) is 5.82 Å². The van der Waals surface area contributed by atoms with Crippen LogP contribution < -0.4 is 11.1 Å². The van der Waals surface area contributed by atoms with E-state index in [9.17, 15) is 18.8 Å². The zero-order valence-corrected chi connectivity index (χ0v) is 14.5. The third-order valence-corrected chi connectivity index (χ3v) is 2.99. The first-order chi connectivity index (χ1) is 11.5. The minimum atomic E-state index is -1.26. The van der Waals surface area contributed by atoms with Gasteiger partial charge in [-0.3, -0.25) is 9.09 Å². The van der Waals surface area contributed by atoms with Crippen LogP contribution in [0.5, 0.6) is 0 Å². The smallest absolute Gasteiger partial charge is 0.441 e. The van der Waals surface area contributed by atoms with Gasteiger partial charge < -0.3 is 15.2 Å². The van der Waals surface area contributed by atoms with Crippen LogP contribution in [0, 0.1) is 6.92 Å². The van der Waals surface area contributed by atoms with Gasteiger partial charge in [0.25, 0.3) is 0 Å². The normalized spacial score (nSPS) is 13.4. The van der Waals surface area contributed by atoms with E-state index >= 15 is 0 Å². The molecule has 0 aliphatic heterocycles. The molecule has 0 spiro atoms. The Kier molecular flexibility index (Phi) is 6.89. The highest BCUT2D eigenvalue weighted by Gasteiger charge is 2.23. The van der Waals surface area contributed by atoms with Crippen LogP contribution in [0.15, 0.2) is 21.2 Å². The number of aliphatic carboxylic acids is 1. The van der Waals surface area contributed by atoms with E-state index in [1.807, 2.05) is 0 Å². The Morgan fingerprint density at radius 3 is 2.60 bits per heavy atom. The van der Waals surface area contributed by atoms with E-state index in [0.29, 0.717) is 0 Å². The molecule has 0 unspecified atom stereocenters. The minimum absolute atomic E-state index is 0.0394. The number of aromatic nitrogens is 2. The van der Waals surface area contributed by atoms with E-state index in [-0.39, 0.29) is 25.2 Å². The number of carbonyl (C=O) groups excluding carboxylic acids is 1. The maximum Gasteiger partial charge on any atom is 0.441 e. The van der Waals surface area contributed by atoms with E-state index in [4.69, 9.17) is 9.84 Å². The summed E-state index contributed by atoms with van der Waals surface area (Å²) in [5, 5.41) is 14.7. The molecule has 0 aliphatic carbocycles. The SMILES string of the molecule is Cc1noc(=O)n1CC(F)=CCC[C@H](NC(=O)OC(C)(C)C)C(=O)O. The molecule has 10 heteroatoms. The molecule has 1 amide bonds. The van der Waals surface area contributed by atoms with Gasteiger partial charge in [0, 0.05) is 0 Å². The maximum atomic E-state index is 13.8. The lowest BCUT2D eigenvalue weighted by Gasteiger charge is -2.21. The molecule has 0 saturated carbocycles. The summed E-state index contributed by atoms with van der Waals surface area (Å²) in [6.45, 7) is 6.08. The van der Waals surface area contributed by atoms with Crippen LogP contribution in [-0.2, 0) is 16.1 Å². The minimum Gasteiger partial charge on any atom is -0.480 e. The second-order valence-corrected chi connectivity index (χ2v) is 6.35. The summed E-state index contributed by atoms with van der Waals surface area (Å²) in [5.41, 5.74) is -0.761. The molecular weight excluding hydrogens is 337 g/mol. The van der Waals surface area contributed by atoms with Crippen LogP contribution in [0.2, 0.25) is 0 Å². The summed E-state index contributed by atoms with van der Waals surface area (Å²) in [7, 11) is 0. The van der Waals surface area contributed by atoms with Crippen LogP contribution in [0.4, 0.5) is 9.18 Å². The zero-order valence-electron chi connectivity index (χ0n) is 14.5. The lowest BCUT2D eigenvalue weighted by atomic mass is 10.1. The van der Waals surface area contributed by atoms with Crippen molar-refractivity contribution in [3.8, 4) is 0 Å². The fraction of sp³-hybridized carbons (Fsp3) is 0.600. The number of carboxylic acids is 1. The van der Waals surface area contributed by atoms with E-state index in [0.717, 1.165) is 10.6 Å². The van der Waals surface area contributed by atoms with Crippen molar-refractivity contribution in [1.29, 1.82) is 0 Å². The standard InChI is InChI=1S/C15H22FN3O6/c1-9-18-25-14(23)19(9)8-10(16)6-5-7-11(12(20)21)17-13(22)24-15(2,3)4/h6,11H,5,7-8H2,1-4H3,(H,17,22)(H,20,21)/t11-/m0/s1. The van der Waals surface area contributed by atoms with Gasteiger partial charge in [-0.25, -0.2) is 18.8 Å². The van der Waals surface area contributed by atoms with Crippen molar-refractivity contribution < 1.29 is 28.3 Å². The largest absolute Gasteiger partial charge is 0.480 e. The molecule has 2 N–H and O–H groups in total. The van der Waals surface area contributed by atoms with Crippen molar-refractivity contribution in [2.45, 2.75) is 58.7 Å². The zero-order chi connectivity index (χ0) is 19.2. The van der Waals surface area contributed by atoms with Crippen LogP contribution in [-0.4, -0.2) is 38.5 Å². The summed E-state index contributed by atoms with van der Waals surface area (Å²) >= 11 is 0. The van der Waals surface area contributed by atoms with Gasteiger partial charge in [-0.05, 0) is 40.5 Å². The van der Waals surface area contributed by atoms with Gasteiger partial charge >= 0.3 is 17.8 Å². The number of aryl methyl sites for hydroxylation is 1. The molecule has 0 fully saturated rings. The Bertz CT molecular complexity index is 701. The van der Waals surface area contributed by atoms with Crippen molar-refractivity contribution in [3.63, 3.8) is 0 Å². The summed E-state index contributed by atoms with van der Waals surface area (Å²) in [6, 6.07) is -1.22. The third-order valence-electron chi connectivity index (χ3n) is 2.99. The molecule has 140 valence electrons. The molecule has 0 radical (unpaired) electrons. The number of hydrogen-bond acceptors (Lipinski definition) is 6. The quantitative estimate of drug-likeness (QED) is 0.760. The second-order valence-electron chi connectivity index (χ2n) is 6.35. The van der Waals surface area contributed by atoms with Gasteiger partial charge in [-0.2, -0.15) is 0 Å². The fourth-order valence-corrected chi connectivity index (χ4v) is 1.84. The highest BCUT2D eigenvalue weighted by Crippen LogP contribution is 2.09. The maximum absolute atomic E-state index is 13.8. The average molecular weight is 359 g/mol. The lowest BCUT2D eigenvalue weighted by molar-refractivity contribution is -0.139. The Balaban J connectivity index is 2.58. The van der Waals surface area contributed by atoms with Crippen molar-refractivity contribution in [2.75, 3.05) is 0 Å². The lowest BCUT2D eigenvalue weighted by Crippen LogP contribution is -2.43. The number of allylic oxidation sites excluding steroid dienone is 2. The number of hydrogen-bond donors (Lipinski definition) is 2. The number of alkyl carbamates (subject to hydrolysis) is 1. The summed E-state index contributed by atoms with van der Waals surface area (Å²) < 4.78 is 24.2. The second kappa shape index (κ2) is 8.45. The first-order valence-corrected chi connectivity index (χ1v) is 7.59. The highest BCUT2D eigenvalue weighted by molar-refractivity contribution is 5.79. The summed E-state index contributed by atoms with van der Waals surface area (Å²) in [6.07, 6.45) is 0.277. The fourth-order valence-electron chi connectivity index (χ4n) is 1.84. The average Bonchev–Trinajstić information content (AvgIpc) is 2.76. The van der Waals surface area contributed by atoms with Gasteiger partial charge in [0.1, 0.15) is 17.5 Å². The number of nitrogens with zero attached hydrogens (tertiary/aromatic N) is 2. The van der Waals surface area contributed by atoms with E-state index in [2.05, 4.69) is 15.0 Å². The number of carbonyl (C=O) groups is 2. The number of carboxylic acid groups (broad SMARTS) is 1. The number of halogens is 1. The predicted molar refractivity (Wildman–Crippen MR) is 84.7 cm³/mol. The molecular formula is C15H22FN3O6. The Morgan fingerprint density at radius 2 is 2.12 bits per heavy atom. The van der Waals surface area contributed by atoms with E-state index in [1.165, 1.54) is 6.92 Å². The number of nitrogens with one attached hydrogen (secondary N) is 1. The molecule has 1 heterocycles. The molecule has 25 heavy (non-hydrogen) atoms. The Labute approximate surface area is 143 Å². The molecule has 0 aromatic carbocycles. The Morgan fingerprint density at radius 1 is 1.48 bits per heavy atom. The van der Waals surface area contributed by atoms with Gasteiger partial charge in [-0.15, -0.1) is 0 Å². The molecule has 0 aliphatic rings. The van der Waals surface area contributed by atoms with Crippen LogP contribution in [0.25, 0.3) is 0 Å². The van der Waals surface area contributed by atoms with Gasteiger partial charge in [0.2, 0.25) is 0 Å². The predicted octanol–water partition coefficient (Wildman–Crippen LogP) is 1.76. The first kappa shape index (κ1) is 20.4. The number of amides is 1. The van der Waals surface area contributed by atoms with Crippen LogP contribution in [0.3, 0.4) is 0 Å². The number of rotatable bonds is 7. The monoisotopic (exact) mass is 359 g/mol. The molecule has 1 aromatic heterocycles. The van der Waals surface area contributed by atoms with E-state index in [1.54, 1.807) is 20.8 Å². The molecule has 1 atom stereocenters. The molecule has 9 nitrogen and oxygen atoms in total. The van der Waals surface area contributed by atoms with Gasteiger partial charge in [0.05, 0.1) is 6.54 Å². The van der Waals surface area contributed by atoms with Crippen LogP contribution >= 0.6 is 0 Å². The summed E-state index contributed by atoms with van der Waals surface area (Å²) in [4.78, 5) is 34.1. The molecule has 0 saturated heterocycles. The molecule has 1 rings (SSSR count). The highest BCUT2D eigenvalue weighted by atomic mass is 19.1. The Hall–Kier alpha value is -2.65. The van der Waals surface area contributed by atoms with E-state index < -0.39 is 35.3 Å². The topological polar surface area (TPSA) is 124 Å². The van der Waals surface area contributed by atoms with Crippen molar-refractivity contribution >= 4 is 12.1 Å². The first-order valence-electron chi connectivity index (χ1n) is 7.59. The van der Waals surface area contributed by atoms with Crippen molar-refractivity contribution in [3.05, 3.63) is 28.3 Å². The third kappa shape index (κ3) is 7.19. The molecule has 0 bridgehead atoms. The molecule has 1 aromatic rings. The van der Waals surface area contributed by atoms with Gasteiger partial charge in [-0.1, -0.05) is 11.2 Å². The summed E-state index contributed by atoms with van der Waals surface area (Å²) in [5.74, 6) is -2.46. The van der Waals surface area contributed by atoms with Crippen molar-refractivity contribution in [2.24, 2.45) is 0 Å². The number of ether oxygens (including phenoxy) is 1. The van der Waals surface area contributed by atoms with Crippen LogP contribution in [0.1, 0.15) is 39.4 Å².